The maximum absolute atomic E-state index is 13.3. The summed E-state index contributed by atoms with van der Waals surface area (Å²) in [5.41, 5.74) is 7.46. The number of rotatable bonds is 16. The van der Waals surface area contributed by atoms with Crippen LogP contribution in [0.1, 0.15) is 59.1 Å². The van der Waals surface area contributed by atoms with E-state index < -0.39 is 25.0 Å². The second-order valence-electron chi connectivity index (χ2n) is 16.1. The number of nitrogens with zero attached hydrogens (tertiary/aromatic N) is 4. The molecule has 344 valence electrons. The SMILES string of the molecule is O=C([O-])CN=C(c1ccccc1)c1ccccc1NC(=O)[C@@H]1CCCN1Cc1ccccc1.O=C([O-])CN=C(c1ccccc1)c1ccccc1NC(=O)[C@@H]1CCCN1Cc1ccccc1.[Ni+2]. The van der Waals surface area contributed by atoms with Crippen molar-refractivity contribution in [2.75, 3.05) is 36.8 Å². The first-order valence-electron chi connectivity index (χ1n) is 22.2. The maximum atomic E-state index is 13.3. The third kappa shape index (κ3) is 14.0. The molecule has 0 aliphatic carbocycles. The Balaban J connectivity index is 0.000000218. The van der Waals surface area contributed by atoms with Crippen LogP contribution in [0, 0.1) is 0 Å². The van der Waals surface area contributed by atoms with Gasteiger partial charge in [0, 0.05) is 35.3 Å². The third-order valence-electron chi connectivity index (χ3n) is 11.5. The van der Waals surface area contributed by atoms with Crippen LogP contribution in [0.15, 0.2) is 180 Å². The van der Waals surface area contributed by atoms with Crippen LogP contribution in [-0.2, 0) is 48.8 Å². The second kappa shape index (κ2) is 25.0. The van der Waals surface area contributed by atoms with Gasteiger partial charge in [-0.2, -0.15) is 0 Å². The summed E-state index contributed by atoms with van der Waals surface area (Å²) in [6, 6.07) is 53.2. The zero-order chi connectivity index (χ0) is 46.1. The van der Waals surface area contributed by atoms with E-state index in [1.807, 2.05) is 146 Å². The van der Waals surface area contributed by atoms with Crippen molar-refractivity contribution < 1.29 is 45.9 Å². The van der Waals surface area contributed by atoms with Gasteiger partial charge in [0.2, 0.25) is 11.8 Å². The summed E-state index contributed by atoms with van der Waals surface area (Å²) in [5.74, 6) is -2.65. The largest absolute Gasteiger partial charge is 2.00 e. The van der Waals surface area contributed by atoms with Gasteiger partial charge < -0.3 is 30.4 Å². The standard InChI is InChI=1S/2C27H27N3O3.Ni/c2*31-25(32)18-28-26(21-12-5-2-6-13-21)22-14-7-8-15-23(22)29-27(33)24-16-9-17-30(24)19-20-10-3-1-4-11-20;/h2*1-8,10-15,24H,9,16-19H2,(H,29,33)(H,31,32);/q;;+2/p-2/t2*24-;/m00./s1. The summed E-state index contributed by atoms with van der Waals surface area (Å²) in [5, 5.41) is 28.4. The maximum Gasteiger partial charge on any atom is 2.00 e. The predicted molar refractivity (Wildman–Crippen MR) is 254 cm³/mol. The number of aliphatic imine (C=N–C) groups is 2. The number of carbonyl (C=O) groups excluding carboxylic acids is 4. The number of aliphatic carboxylic acids is 2. The van der Waals surface area contributed by atoms with E-state index in [9.17, 15) is 29.4 Å². The molecule has 12 nitrogen and oxygen atoms in total. The van der Waals surface area contributed by atoms with Crippen molar-refractivity contribution in [3.8, 4) is 0 Å². The Morgan fingerprint density at radius 2 is 0.806 bits per heavy atom. The van der Waals surface area contributed by atoms with Gasteiger partial charge in [0.05, 0.1) is 59.9 Å². The van der Waals surface area contributed by atoms with Gasteiger partial charge >= 0.3 is 16.5 Å². The van der Waals surface area contributed by atoms with Crippen molar-refractivity contribution in [1.82, 2.24) is 9.80 Å². The minimum absolute atomic E-state index is 0. The van der Waals surface area contributed by atoms with Crippen LogP contribution in [0.4, 0.5) is 11.4 Å². The van der Waals surface area contributed by atoms with Gasteiger partial charge in [0.25, 0.3) is 0 Å². The molecule has 0 bridgehead atoms. The van der Waals surface area contributed by atoms with Gasteiger partial charge in [-0.15, -0.1) is 0 Å². The van der Waals surface area contributed by atoms with E-state index in [2.05, 4.69) is 54.7 Å². The molecule has 8 rings (SSSR count). The van der Waals surface area contributed by atoms with Crippen molar-refractivity contribution >= 4 is 46.6 Å². The predicted octanol–water partition coefficient (Wildman–Crippen LogP) is 5.75. The fourth-order valence-corrected chi connectivity index (χ4v) is 8.43. The molecule has 2 amide bonds. The molecule has 2 aliphatic rings. The first-order valence-corrected chi connectivity index (χ1v) is 22.2. The number of nitrogens with one attached hydrogen (secondary N) is 2. The first-order chi connectivity index (χ1) is 32.2. The number of benzene rings is 6. The Bertz CT molecular complexity index is 2450. The zero-order valence-corrected chi connectivity index (χ0v) is 37.9. The number of carboxylic acids is 2. The van der Waals surface area contributed by atoms with Gasteiger partial charge in [-0.25, -0.2) is 0 Å². The van der Waals surface area contributed by atoms with E-state index in [-0.39, 0.29) is 40.4 Å². The monoisotopic (exact) mass is 938 g/mol. The molecule has 2 atom stereocenters. The quantitative estimate of drug-likeness (QED) is 0.0914. The molecular weight excluding hydrogens is 887 g/mol. The Morgan fingerprint density at radius 1 is 0.478 bits per heavy atom. The molecule has 0 unspecified atom stereocenters. The molecule has 67 heavy (non-hydrogen) atoms. The topological polar surface area (TPSA) is 170 Å². The summed E-state index contributed by atoms with van der Waals surface area (Å²) in [6.45, 7) is 2.28. The number of hydrogen-bond donors (Lipinski definition) is 2. The van der Waals surface area contributed by atoms with Crippen LogP contribution >= 0.6 is 0 Å². The molecule has 2 saturated heterocycles. The van der Waals surface area contributed by atoms with Crippen LogP contribution in [0.5, 0.6) is 0 Å². The summed E-state index contributed by atoms with van der Waals surface area (Å²) in [7, 11) is 0. The number of para-hydroxylation sites is 2. The van der Waals surface area contributed by atoms with Crippen molar-refractivity contribution in [2.45, 2.75) is 50.9 Å². The van der Waals surface area contributed by atoms with Crippen molar-refractivity contribution in [1.29, 1.82) is 0 Å². The number of carbonyl (C=O) groups is 4. The van der Waals surface area contributed by atoms with Crippen LogP contribution < -0.4 is 20.8 Å². The molecule has 0 saturated carbocycles. The summed E-state index contributed by atoms with van der Waals surface area (Å²) in [4.78, 5) is 61.8. The third-order valence-corrected chi connectivity index (χ3v) is 11.5. The van der Waals surface area contributed by atoms with Crippen LogP contribution in [0.3, 0.4) is 0 Å². The van der Waals surface area contributed by atoms with Gasteiger partial charge in [0.15, 0.2) is 0 Å². The Kier molecular flexibility index (Phi) is 18.4. The average Bonchev–Trinajstić information content (AvgIpc) is 4.01. The van der Waals surface area contributed by atoms with Crippen molar-refractivity contribution in [3.63, 3.8) is 0 Å². The van der Waals surface area contributed by atoms with Crippen molar-refractivity contribution in [3.05, 3.63) is 203 Å². The minimum Gasteiger partial charge on any atom is -0.548 e. The summed E-state index contributed by atoms with van der Waals surface area (Å²) < 4.78 is 0. The first kappa shape index (κ1) is 49.4. The molecule has 13 heteroatoms. The van der Waals surface area contributed by atoms with E-state index in [1.54, 1.807) is 0 Å². The normalized spacial score (nSPS) is 16.2. The van der Waals surface area contributed by atoms with Gasteiger partial charge in [-0.1, -0.05) is 158 Å². The van der Waals surface area contributed by atoms with Crippen molar-refractivity contribution in [2.24, 2.45) is 9.98 Å². The molecule has 2 heterocycles. The Labute approximate surface area is 401 Å². The molecular formula is C54H52N6NiO6. The second-order valence-corrected chi connectivity index (χ2v) is 16.1. The Morgan fingerprint density at radius 3 is 1.16 bits per heavy atom. The molecule has 0 aromatic heterocycles. The molecule has 2 aliphatic heterocycles. The van der Waals surface area contributed by atoms with E-state index in [4.69, 9.17) is 0 Å². The molecule has 2 fully saturated rings. The fourth-order valence-electron chi connectivity index (χ4n) is 8.43. The van der Waals surface area contributed by atoms with E-state index in [0.717, 1.165) is 63.0 Å². The van der Waals surface area contributed by atoms with E-state index >= 15 is 0 Å². The zero-order valence-electron chi connectivity index (χ0n) is 36.9. The molecule has 2 N–H and O–H groups in total. The molecule has 6 aromatic rings. The number of likely N-dealkylation sites (tertiary alicyclic amines) is 2. The fraction of sp³-hybridized carbons (Fsp3) is 0.222. The number of anilines is 2. The van der Waals surface area contributed by atoms with Crippen LogP contribution in [0.25, 0.3) is 0 Å². The molecule has 0 radical (unpaired) electrons. The number of carboxylic acid groups (broad SMARTS) is 2. The average molecular weight is 940 g/mol. The number of hydrogen-bond acceptors (Lipinski definition) is 10. The summed E-state index contributed by atoms with van der Waals surface area (Å²) in [6.07, 6.45) is 3.53. The smallest absolute Gasteiger partial charge is 0.548 e. The van der Waals surface area contributed by atoms with Crippen LogP contribution in [-0.4, -0.2) is 83.2 Å². The Hall–Kier alpha value is -7.05. The minimum atomic E-state index is -1.26. The molecule has 6 aromatic carbocycles. The summed E-state index contributed by atoms with van der Waals surface area (Å²) >= 11 is 0. The van der Waals surface area contributed by atoms with E-state index in [1.165, 1.54) is 11.1 Å². The van der Waals surface area contributed by atoms with Crippen LogP contribution in [0.2, 0.25) is 0 Å². The van der Waals surface area contributed by atoms with Gasteiger partial charge in [-0.3, -0.25) is 29.4 Å². The van der Waals surface area contributed by atoms with Gasteiger partial charge in [0.1, 0.15) is 0 Å². The molecule has 0 spiro atoms. The number of amides is 2. The van der Waals surface area contributed by atoms with E-state index in [0.29, 0.717) is 33.9 Å². The van der Waals surface area contributed by atoms with Gasteiger partial charge in [-0.05, 0) is 62.0 Å².